The number of rotatable bonds is 5. The van der Waals surface area contributed by atoms with Crippen molar-refractivity contribution >= 4 is 38.8 Å². The molecule has 0 aliphatic carbocycles. The first-order valence-corrected chi connectivity index (χ1v) is 11.3. The third kappa shape index (κ3) is 3.59. The molecule has 160 valence electrons. The van der Waals surface area contributed by atoms with Gasteiger partial charge < -0.3 is 5.32 Å². The van der Waals surface area contributed by atoms with Crippen molar-refractivity contribution in [2.75, 3.05) is 0 Å². The molecule has 1 amide bonds. The highest BCUT2D eigenvalue weighted by molar-refractivity contribution is 7.91. The van der Waals surface area contributed by atoms with Crippen LogP contribution in [0.15, 0.2) is 83.5 Å². The fraction of sp³-hybridized carbons (Fsp3) is 0.0476. The number of hydrogen-bond donors (Lipinski definition) is 1. The van der Waals surface area contributed by atoms with Crippen LogP contribution < -0.4 is 5.32 Å². The molecular weight excluding hydrogens is 452 g/mol. The number of carbonyl (C=O) groups is 1. The minimum atomic E-state index is -3.81. The van der Waals surface area contributed by atoms with Gasteiger partial charge in [-0.25, -0.2) is 23.4 Å². The van der Waals surface area contributed by atoms with Gasteiger partial charge in [-0.05, 0) is 29.8 Å². The monoisotopic (exact) mass is 466 g/mol. The highest BCUT2D eigenvalue weighted by atomic mass is 35.5. The van der Waals surface area contributed by atoms with Gasteiger partial charge in [-0.3, -0.25) is 13.6 Å². The minimum Gasteiger partial charge on any atom is -0.348 e. The second-order valence-electron chi connectivity index (χ2n) is 6.98. The Balaban J connectivity index is 1.33. The molecule has 4 heterocycles. The maximum Gasteiger partial charge on any atom is 0.254 e. The van der Waals surface area contributed by atoms with Gasteiger partial charge in [-0.1, -0.05) is 23.7 Å². The summed E-state index contributed by atoms with van der Waals surface area (Å²) in [6.07, 6.45) is 9.21. The molecule has 4 aromatic heterocycles. The number of halogens is 1. The van der Waals surface area contributed by atoms with Gasteiger partial charge in [0.15, 0.2) is 5.03 Å². The fourth-order valence-corrected chi connectivity index (χ4v) is 4.75. The summed E-state index contributed by atoms with van der Waals surface area (Å²) < 4.78 is 29.3. The standard InChI is InChI=1S/C21H15ClN6O3S/c22-16-3-6-18-24-11-19(28(18)13-16)32(30,31)17-4-1-14(2-5-17)9-25-20(29)15-10-26-21-23-7-8-27(21)12-15/h1-8,10-13H,9H2,(H,25,29). The Morgan fingerprint density at radius 2 is 1.81 bits per heavy atom. The van der Waals surface area contributed by atoms with E-state index >= 15 is 0 Å². The number of aromatic nitrogens is 5. The van der Waals surface area contributed by atoms with Gasteiger partial charge in [0.05, 0.1) is 21.7 Å². The lowest BCUT2D eigenvalue weighted by molar-refractivity contribution is 0.0950. The second kappa shape index (κ2) is 7.74. The van der Waals surface area contributed by atoms with Gasteiger partial charge in [0.1, 0.15) is 5.65 Å². The van der Waals surface area contributed by atoms with Crippen molar-refractivity contribution in [3.8, 4) is 0 Å². The summed E-state index contributed by atoms with van der Waals surface area (Å²) in [6.45, 7) is 0.229. The van der Waals surface area contributed by atoms with Crippen molar-refractivity contribution in [1.82, 2.24) is 29.1 Å². The van der Waals surface area contributed by atoms with Crippen LogP contribution in [-0.4, -0.2) is 38.1 Å². The average molecular weight is 467 g/mol. The van der Waals surface area contributed by atoms with E-state index < -0.39 is 9.84 Å². The molecule has 1 aromatic carbocycles. The lowest BCUT2D eigenvalue weighted by atomic mass is 10.2. The quantitative estimate of drug-likeness (QED) is 0.426. The summed E-state index contributed by atoms with van der Waals surface area (Å²) in [5.41, 5.74) is 1.62. The van der Waals surface area contributed by atoms with Crippen LogP contribution in [-0.2, 0) is 16.4 Å². The molecule has 5 aromatic rings. The van der Waals surface area contributed by atoms with Crippen LogP contribution in [0.2, 0.25) is 5.02 Å². The number of nitrogens with one attached hydrogen (secondary N) is 1. The summed E-state index contributed by atoms with van der Waals surface area (Å²) >= 11 is 6.01. The number of carbonyl (C=O) groups excluding carboxylic acids is 1. The van der Waals surface area contributed by atoms with E-state index in [-0.39, 0.29) is 22.4 Å². The SMILES string of the molecule is O=C(NCc1ccc(S(=O)(=O)c2cnc3ccc(Cl)cn23)cc1)c1cnc2nccn2c1. The molecule has 5 rings (SSSR count). The zero-order valence-electron chi connectivity index (χ0n) is 16.4. The van der Waals surface area contributed by atoms with E-state index in [2.05, 4.69) is 20.3 Å². The Bertz CT molecular complexity index is 1570. The molecular formula is C21H15ClN6O3S. The van der Waals surface area contributed by atoms with Crippen LogP contribution in [0.1, 0.15) is 15.9 Å². The fourth-order valence-electron chi connectivity index (χ4n) is 3.26. The topological polar surface area (TPSA) is 111 Å². The summed E-state index contributed by atoms with van der Waals surface area (Å²) in [6, 6.07) is 9.60. The summed E-state index contributed by atoms with van der Waals surface area (Å²) in [4.78, 5) is 24.8. The van der Waals surface area contributed by atoms with E-state index in [1.54, 1.807) is 47.3 Å². The number of pyridine rings is 1. The van der Waals surface area contributed by atoms with Crippen molar-refractivity contribution in [2.45, 2.75) is 16.5 Å². The normalized spacial score (nSPS) is 11.8. The third-order valence-electron chi connectivity index (χ3n) is 4.91. The lowest BCUT2D eigenvalue weighted by Gasteiger charge is -2.08. The van der Waals surface area contributed by atoms with E-state index in [0.29, 0.717) is 22.0 Å². The summed E-state index contributed by atoms with van der Waals surface area (Å²) in [7, 11) is -3.81. The number of hydrogen-bond acceptors (Lipinski definition) is 6. The molecule has 0 aliphatic heterocycles. The molecule has 0 bridgehead atoms. The van der Waals surface area contributed by atoms with Crippen molar-refractivity contribution in [1.29, 1.82) is 0 Å². The van der Waals surface area contributed by atoms with E-state index in [4.69, 9.17) is 11.6 Å². The molecule has 32 heavy (non-hydrogen) atoms. The van der Waals surface area contributed by atoms with Gasteiger partial charge in [-0.2, -0.15) is 0 Å². The molecule has 9 nitrogen and oxygen atoms in total. The first-order valence-electron chi connectivity index (χ1n) is 9.45. The predicted octanol–water partition coefficient (Wildman–Crippen LogP) is 2.79. The van der Waals surface area contributed by atoms with Crippen LogP contribution >= 0.6 is 11.6 Å². The highest BCUT2D eigenvalue weighted by Crippen LogP contribution is 2.23. The molecule has 1 N–H and O–H groups in total. The van der Waals surface area contributed by atoms with Crippen LogP contribution in [0.3, 0.4) is 0 Å². The molecule has 0 unspecified atom stereocenters. The van der Waals surface area contributed by atoms with E-state index in [9.17, 15) is 13.2 Å². The maximum atomic E-state index is 13.1. The number of nitrogens with zero attached hydrogens (tertiary/aromatic N) is 5. The predicted molar refractivity (Wildman–Crippen MR) is 116 cm³/mol. The number of amides is 1. The van der Waals surface area contributed by atoms with Crippen molar-refractivity contribution in [3.63, 3.8) is 0 Å². The number of imidazole rings is 2. The molecule has 0 aliphatic rings. The summed E-state index contributed by atoms with van der Waals surface area (Å²) in [5.74, 6) is 0.207. The first-order chi connectivity index (χ1) is 15.4. The van der Waals surface area contributed by atoms with Gasteiger partial charge in [-0.15, -0.1) is 0 Å². The Morgan fingerprint density at radius 1 is 1.00 bits per heavy atom. The highest BCUT2D eigenvalue weighted by Gasteiger charge is 2.22. The summed E-state index contributed by atoms with van der Waals surface area (Å²) in [5, 5.41) is 3.23. The van der Waals surface area contributed by atoms with Crippen molar-refractivity contribution < 1.29 is 13.2 Å². The third-order valence-corrected chi connectivity index (χ3v) is 6.87. The largest absolute Gasteiger partial charge is 0.348 e. The van der Waals surface area contributed by atoms with Crippen molar-refractivity contribution in [2.24, 2.45) is 0 Å². The zero-order valence-corrected chi connectivity index (χ0v) is 18.0. The molecule has 0 spiro atoms. The minimum absolute atomic E-state index is 0.0263. The lowest BCUT2D eigenvalue weighted by Crippen LogP contribution is -2.23. The number of sulfone groups is 1. The molecule has 0 fully saturated rings. The Morgan fingerprint density at radius 3 is 2.62 bits per heavy atom. The second-order valence-corrected chi connectivity index (χ2v) is 9.31. The van der Waals surface area contributed by atoms with Gasteiger partial charge in [0, 0.05) is 37.5 Å². The molecule has 11 heteroatoms. The van der Waals surface area contributed by atoms with Crippen LogP contribution in [0.4, 0.5) is 0 Å². The van der Waals surface area contributed by atoms with Gasteiger partial charge >= 0.3 is 0 Å². The van der Waals surface area contributed by atoms with E-state index in [1.807, 2.05) is 0 Å². The number of fused-ring (bicyclic) bond motifs is 2. The Hall–Kier alpha value is -3.76. The molecule has 0 radical (unpaired) electrons. The Labute approximate surface area is 187 Å². The number of benzene rings is 1. The average Bonchev–Trinajstić information content (AvgIpc) is 3.44. The van der Waals surface area contributed by atoms with E-state index in [1.165, 1.54) is 35.1 Å². The van der Waals surface area contributed by atoms with Crippen LogP contribution in [0.25, 0.3) is 11.4 Å². The Kier molecular flexibility index (Phi) is 4.87. The maximum absolute atomic E-state index is 13.1. The molecule has 0 saturated carbocycles. The zero-order chi connectivity index (χ0) is 22.3. The van der Waals surface area contributed by atoms with E-state index in [0.717, 1.165) is 5.56 Å². The van der Waals surface area contributed by atoms with Crippen molar-refractivity contribution in [3.05, 3.63) is 89.7 Å². The van der Waals surface area contributed by atoms with Gasteiger partial charge in [0.25, 0.3) is 5.91 Å². The molecule has 0 atom stereocenters. The van der Waals surface area contributed by atoms with Gasteiger partial charge in [0.2, 0.25) is 15.6 Å². The van der Waals surface area contributed by atoms with Crippen LogP contribution in [0.5, 0.6) is 0 Å². The smallest absolute Gasteiger partial charge is 0.254 e. The molecule has 0 saturated heterocycles. The van der Waals surface area contributed by atoms with Crippen LogP contribution in [0, 0.1) is 0 Å². The first kappa shape index (κ1) is 20.2.